The van der Waals surface area contributed by atoms with Gasteiger partial charge in [0, 0.05) is 48.1 Å². The van der Waals surface area contributed by atoms with Crippen molar-refractivity contribution in [1.29, 1.82) is 0 Å². The van der Waals surface area contributed by atoms with E-state index >= 15 is 8.78 Å². The molecule has 0 amide bonds. The van der Waals surface area contributed by atoms with Crippen LogP contribution in [0.2, 0.25) is 0 Å². The largest absolute Gasteiger partial charge is 0.493 e. The summed E-state index contributed by atoms with van der Waals surface area (Å²) in [4.78, 5) is 8.99. The molecule has 3 aromatic rings. The first-order chi connectivity index (χ1) is 18.1. The van der Waals surface area contributed by atoms with Gasteiger partial charge in [0.2, 0.25) is 0 Å². The molecule has 2 aromatic heterocycles. The molecule has 2 aliphatic heterocycles. The zero-order chi connectivity index (χ0) is 27.0. The lowest BCUT2D eigenvalue weighted by Crippen LogP contribution is -2.56. The first-order valence-electron chi connectivity index (χ1n) is 13.2. The lowest BCUT2D eigenvalue weighted by atomic mass is 9.72. The summed E-state index contributed by atoms with van der Waals surface area (Å²) in [6, 6.07) is 3.82. The van der Waals surface area contributed by atoms with Crippen LogP contribution in [0.5, 0.6) is 11.5 Å². The second-order valence-corrected chi connectivity index (χ2v) is 11.5. The van der Waals surface area contributed by atoms with E-state index in [9.17, 15) is 0 Å². The molecule has 1 aliphatic carbocycles. The monoisotopic (exact) mass is 523 g/mol. The van der Waals surface area contributed by atoms with E-state index in [1.807, 2.05) is 18.0 Å². The van der Waals surface area contributed by atoms with Gasteiger partial charge in [-0.05, 0) is 70.8 Å². The molecule has 3 aliphatic rings. The fourth-order valence-corrected chi connectivity index (χ4v) is 6.68. The number of halogens is 2. The molecule has 1 saturated heterocycles. The van der Waals surface area contributed by atoms with Crippen LogP contribution in [0.3, 0.4) is 0 Å². The summed E-state index contributed by atoms with van der Waals surface area (Å²) in [5.41, 5.74) is 4.16. The van der Waals surface area contributed by atoms with Gasteiger partial charge in [-0.25, -0.2) is 8.78 Å². The number of rotatable bonds is 5. The second kappa shape index (κ2) is 8.66. The summed E-state index contributed by atoms with van der Waals surface area (Å²) in [7, 11) is 4.89. The van der Waals surface area contributed by atoms with E-state index in [4.69, 9.17) is 19.6 Å². The summed E-state index contributed by atoms with van der Waals surface area (Å²) in [6.07, 6.45) is 6.96. The van der Waals surface area contributed by atoms with Crippen molar-refractivity contribution in [2.75, 3.05) is 39.3 Å². The number of hydrogen-bond donors (Lipinski definition) is 0. The molecule has 202 valence electrons. The number of likely N-dealkylation sites (tertiary alicyclic amines) is 1. The number of aryl methyl sites for hydroxylation is 1. The molecule has 2 fully saturated rings. The first kappa shape index (κ1) is 25.1. The molecule has 4 heterocycles. The van der Waals surface area contributed by atoms with Crippen LogP contribution in [0.15, 0.2) is 24.5 Å². The Morgan fingerprint density at radius 1 is 1.05 bits per heavy atom. The number of benzene rings is 1. The van der Waals surface area contributed by atoms with Crippen LogP contribution in [0.4, 0.5) is 14.5 Å². The van der Waals surface area contributed by atoms with Crippen LogP contribution in [-0.2, 0) is 12.0 Å². The van der Waals surface area contributed by atoms with Gasteiger partial charge in [-0.3, -0.25) is 9.67 Å². The third kappa shape index (κ3) is 3.54. The Bertz CT molecular complexity index is 1390. The third-order valence-electron chi connectivity index (χ3n) is 9.18. The van der Waals surface area contributed by atoms with Gasteiger partial charge in [-0.1, -0.05) is 0 Å². The highest BCUT2D eigenvalue weighted by Gasteiger charge is 2.61. The van der Waals surface area contributed by atoms with Crippen molar-refractivity contribution < 1.29 is 18.3 Å². The fourth-order valence-electron chi connectivity index (χ4n) is 6.68. The summed E-state index contributed by atoms with van der Waals surface area (Å²) in [5.74, 6) is -1.52. The average Bonchev–Trinajstić information content (AvgIpc) is 3.45. The van der Waals surface area contributed by atoms with Gasteiger partial charge in [0.05, 0.1) is 31.6 Å². The Morgan fingerprint density at radius 2 is 1.74 bits per heavy atom. The van der Waals surface area contributed by atoms with E-state index in [2.05, 4.69) is 42.7 Å². The van der Waals surface area contributed by atoms with Crippen LogP contribution in [0.25, 0.3) is 11.3 Å². The van der Waals surface area contributed by atoms with Crippen molar-refractivity contribution >= 4 is 5.69 Å². The maximum atomic E-state index is 15.6. The van der Waals surface area contributed by atoms with E-state index in [-0.39, 0.29) is 22.6 Å². The molecule has 9 heteroatoms. The Balaban J connectivity index is 1.43. The Kier molecular flexibility index (Phi) is 5.72. The predicted molar refractivity (Wildman–Crippen MR) is 142 cm³/mol. The Hall–Kier alpha value is -3.20. The zero-order valence-electron chi connectivity index (χ0n) is 22.9. The number of anilines is 1. The first-order valence-corrected chi connectivity index (χ1v) is 13.2. The Morgan fingerprint density at radius 3 is 2.32 bits per heavy atom. The molecule has 1 saturated carbocycles. The van der Waals surface area contributed by atoms with Crippen LogP contribution in [0, 0.1) is 18.6 Å². The minimum absolute atomic E-state index is 0.0425. The molecule has 6 rings (SSSR count). The highest BCUT2D eigenvalue weighted by Crippen LogP contribution is 2.62. The minimum Gasteiger partial charge on any atom is -0.493 e. The number of pyridine rings is 1. The van der Waals surface area contributed by atoms with Crippen molar-refractivity contribution in [1.82, 2.24) is 19.7 Å². The van der Waals surface area contributed by atoms with Gasteiger partial charge in [0.25, 0.3) is 0 Å². The van der Waals surface area contributed by atoms with Gasteiger partial charge in [-0.2, -0.15) is 5.10 Å². The molecule has 1 unspecified atom stereocenters. The molecule has 1 aromatic carbocycles. The van der Waals surface area contributed by atoms with Crippen molar-refractivity contribution in [3.8, 4) is 22.8 Å². The van der Waals surface area contributed by atoms with Crippen LogP contribution in [-0.4, -0.2) is 59.6 Å². The molecule has 0 N–H and O–H groups in total. The van der Waals surface area contributed by atoms with Crippen LogP contribution < -0.4 is 14.4 Å². The number of methoxy groups -OCH3 is 2. The average molecular weight is 524 g/mol. The van der Waals surface area contributed by atoms with Gasteiger partial charge >= 0.3 is 0 Å². The number of hydrogen-bond acceptors (Lipinski definition) is 6. The highest BCUT2D eigenvalue weighted by atomic mass is 19.1. The van der Waals surface area contributed by atoms with Crippen molar-refractivity contribution in [3.63, 3.8) is 0 Å². The van der Waals surface area contributed by atoms with Crippen molar-refractivity contribution in [2.45, 2.75) is 63.6 Å². The summed E-state index contributed by atoms with van der Waals surface area (Å²) in [6.45, 7) is 8.58. The van der Waals surface area contributed by atoms with Gasteiger partial charge in [0.1, 0.15) is 5.69 Å². The Labute approximate surface area is 222 Å². The molecular formula is C29H35F2N5O2. The fraction of sp³-hybridized carbons (Fsp3) is 0.517. The SMILES string of the molecule is COc1cc(OC)c(F)c(N2Cc3cnc(-c4cn(C5CCN(C)C5)nc4C)cc3C3(CC3)C2(C)C)c1F. The number of aromatic nitrogens is 3. The molecule has 1 spiro atoms. The number of nitrogens with zero attached hydrogens (tertiary/aromatic N) is 5. The molecular weight excluding hydrogens is 488 g/mol. The van der Waals surface area contributed by atoms with Crippen LogP contribution in [0.1, 0.15) is 56.0 Å². The lowest BCUT2D eigenvalue weighted by Gasteiger charge is -2.51. The highest BCUT2D eigenvalue weighted by molar-refractivity contribution is 5.68. The number of fused-ring (bicyclic) bond motifs is 2. The molecule has 1 atom stereocenters. The topological polar surface area (TPSA) is 55.7 Å². The number of likely N-dealkylation sites (N-methyl/N-ethyl adjacent to an activating group) is 1. The van der Waals surface area contributed by atoms with Gasteiger partial charge in [-0.15, -0.1) is 0 Å². The summed E-state index contributed by atoms with van der Waals surface area (Å²) >= 11 is 0. The van der Waals surface area contributed by atoms with Crippen molar-refractivity contribution in [3.05, 3.63) is 53.0 Å². The maximum absolute atomic E-state index is 15.6. The van der Waals surface area contributed by atoms with Crippen molar-refractivity contribution in [2.24, 2.45) is 0 Å². The summed E-state index contributed by atoms with van der Waals surface area (Å²) in [5, 5.41) is 4.83. The lowest BCUT2D eigenvalue weighted by molar-refractivity contribution is 0.314. The maximum Gasteiger partial charge on any atom is 0.191 e. The van der Waals surface area contributed by atoms with E-state index < -0.39 is 17.2 Å². The van der Waals surface area contributed by atoms with E-state index in [0.717, 1.165) is 54.9 Å². The standard InChI is InChI=1S/C29H35F2N5O2/c1-17-20(16-36(33-17)19-7-10-34(4)15-19)22-11-21-18(13-32-22)14-35(28(2,3)29(21)8-9-29)27-25(30)23(37-5)12-24(38-6)26(27)31/h11-13,16,19H,7-10,14-15H2,1-6H3. The van der Waals surface area contributed by atoms with E-state index in [1.54, 1.807) is 0 Å². The second-order valence-electron chi connectivity index (χ2n) is 11.5. The molecule has 38 heavy (non-hydrogen) atoms. The molecule has 7 nitrogen and oxygen atoms in total. The van der Waals surface area contributed by atoms with Gasteiger partial charge < -0.3 is 19.3 Å². The number of ether oxygens (including phenoxy) is 2. The normalized spacial score (nSPS) is 21.6. The zero-order valence-corrected chi connectivity index (χ0v) is 22.9. The predicted octanol–water partition coefficient (Wildman–Crippen LogP) is 5.26. The van der Waals surface area contributed by atoms with Gasteiger partial charge in [0.15, 0.2) is 23.1 Å². The molecule has 0 radical (unpaired) electrons. The molecule has 0 bridgehead atoms. The quantitative estimate of drug-likeness (QED) is 0.455. The van der Waals surface area contributed by atoms with Crippen LogP contribution >= 0.6 is 0 Å². The minimum atomic E-state index is -0.719. The third-order valence-corrected chi connectivity index (χ3v) is 9.18. The van der Waals surface area contributed by atoms with E-state index in [1.165, 1.54) is 25.8 Å². The summed E-state index contributed by atoms with van der Waals surface area (Å²) < 4.78 is 43.8. The smallest absolute Gasteiger partial charge is 0.191 e. The van der Waals surface area contributed by atoms with E-state index in [0.29, 0.717) is 12.6 Å².